The van der Waals surface area contributed by atoms with Crippen LogP contribution in [0.3, 0.4) is 0 Å². The Kier molecular flexibility index (Phi) is 7.05. The molecule has 0 bridgehead atoms. The van der Waals surface area contributed by atoms with Crippen molar-refractivity contribution in [2.75, 3.05) is 0 Å². The van der Waals surface area contributed by atoms with Crippen LogP contribution in [0.4, 0.5) is 0 Å². The minimum absolute atomic E-state index is 0.0845. The average molecular weight is 409 g/mol. The summed E-state index contributed by atoms with van der Waals surface area (Å²) in [6, 6.07) is 0. The first-order valence-electron chi connectivity index (χ1n) is 12.2. The van der Waals surface area contributed by atoms with Crippen molar-refractivity contribution in [2.24, 2.45) is 40.4 Å². The summed E-state index contributed by atoms with van der Waals surface area (Å²) < 4.78 is 0. The van der Waals surface area contributed by atoms with Crippen LogP contribution in [0.1, 0.15) is 98.3 Å². The third-order valence-corrected chi connectivity index (χ3v) is 9.73. The highest BCUT2D eigenvalue weighted by atomic mass is 16.4. The van der Waals surface area contributed by atoms with E-state index in [2.05, 4.69) is 27.7 Å². The molecule has 0 aromatic carbocycles. The van der Waals surface area contributed by atoms with Gasteiger partial charge in [-0.15, -0.1) is 0 Å². The van der Waals surface area contributed by atoms with E-state index >= 15 is 0 Å². The van der Waals surface area contributed by atoms with Crippen LogP contribution in [-0.2, 0) is 4.79 Å². The average Bonchev–Trinajstić information content (AvgIpc) is 3.03. The molecule has 0 radical (unpaired) electrons. The second-order valence-corrected chi connectivity index (χ2v) is 11.3. The Morgan fingerprint density at radius 3 is 2.31 bits per heavy atom. The zero-order valence-corrected chi connectivity index (χ0v) is 19.1. The Bertz CT molecular complexity index is 567. The molecular weight excluding hydrogens is 364 g/mol. The van der Waals surface area contributed by atoms with E-state index in [4.69, 9.17) is 5.11 Å². The van der Waals surface area contributed by atoms with Crippen LogP contribution in [0.25, 0.3) is 0 Å². The number of carboxylic acids is 1. The van der Waals surface area contributed by atoms with Crippen molar-refractivity contribution in [3.05, 3.63) is 0 Å². The third-order valence-electron chi connectivity index (χ3n) is 9.73. The van der Waals surface area contributed by atoms with Crippen LogP contribution in [0.5, 0.6) is 0 Å². The van der Waals surface area contributed by atoms with Gasteiger partial charge in [0.2, 0.25) is 0 Å². The summed E-state index contributed by atoms with van der Waals surface area (Å²) in [5.74, 6) is 1.77. The van der Waals surface area contributed by atoms with Crippen molar-refractivity contribution in [2.45, 2.75) is 111 Å². The maximum Gasteiger partial charge on any atom is 0.303 e. The van der Waals surface area contributed by atoms with Gasteiger partial charge in [0.1, 0.15) is 0 Å². The maximum absolute atomic E-state index is 11.5. The smallest absolute Gasteiger partial charge is 0.303 e. The van der Waals surface area contributed by atoms with E-state index in [1.165, 1.54) is 19.3 Å². The van der Waals surface area contributed by atoms with Crippen LogP contribution in [-0.4, -0.2) is 33.5 Å². The number of aliphatic hydroxyl groups is 2. The molecule has 168 valence electrons. The van der Waals surface area contributed by atoms with E-state index in [9.17, 15) is 15.0 Å². The van der Waals surface area contributed by atoms with Crippen molar-refractivity contribution in [1.29, 1.82) is 0 Å². The summed E-state index contributed by atoms with van der Waals surface area (Å²) in [5.41, 5.74) is 0.146. The second-order valence-electron chi connectivity index (χ2n) is 11.3. The summed E-state index contributed by atoms with van der Waals surface area (Å²) in [7, 11) is 0. The van der Waals surface area contributed by atoms with Gasteiger partial charge >= 0.3 is 5.97 Å². The van der Waals surface area contributed by atoms with Crippen molar-refractivity contribution >= 4 is 5.97 Å². The fraction of sp³-hybridized carbons (Fsp3) is 0.960. The molecule has 3 aliphatic carbocycles. The molecule has 0 aromatic heterocycles. The Morgan fingerprint density at radius 2 is 1.72 bits per heavy atom. The highest BCUT2D eigenvalue weighted by molar-refractivity contribution is 5.66. The molecule has 0 heterocycles. The second kappa shape index (κ2) is 8.86. The van der Waals surface area contributed by atoms with Gasteiger partial charge in [0.15, 0.2) is 0 Å². The van der Waals surface area contributed by atoms with E-state index in [-0.39, 0.29) is 29.5 Å². The van der Waals surface area contributed by atoms with Gasteiger partial charge in [0.25, 0.3) is 0 Å². The minimum atomic E-state index is -0.711. The van der Waals surface area contributed by atoms with E-state index < -0.39 is 5.97 Å². The van der Waals surface area contributed by atoms with Crippen LogP contribution >= 0.6 is 0 Å². The van der Waals surface area contributed by atoms with E-state index in [0.29, 0.717) is 36.0 Å². The lowest BCUT2D eigenvalue weighted by atomic mass is 9.48. The highest BCUT2D eigenvalue weighted by Crippen LogP contribution is 2.65. The van der Waals surface area contributed by atoms with E-state index in [0.717, 1.165) is 38.5 Å². The van der Waals surface area contributed by atoms with Gasteiger partial charge in [-0.05, 0) is 91.8 Å². The Labute approximate surface area is 177 Å². The van der Waals surface area contributed by atoms with Gasteiger partial charge in [-0.2, -0.15) is 0 Å². The van der Waals surface area contributed by atoms with Crippen LogP contribution in [0.15, 0.2) is 0 Å². The molecule has 7 atom stereocenters. The van der Waals surface area contributed by atoms with Crippen molar-refractivity contribution in [3.63, 3.8) is 0 Å². The van der Waals surface area contributed by atoms with Gasteiger partial charge in [-0.25, -0.2) is 0 Å². The summed E-state index contributed by atoms with van der Waals surface area (Å²) in [5, 5.41) is 30.7. The number of hydrogen-bond donors (Lipinski definition) is 3. The lowest BCUT2D eigenvalue weighted by Gasteiger charge is -2.58. The molecule has 0 amide bonds. The van der Waals surface area contributed by atoms with Crippen LogP contribution < -0.4 is 0 Å². The number of rotatable bonds is 7. The third kappa shape index (κ3) is 4.26. The molecule has 0 saturated heterocycles. The molecule has 4 nitrogen and oxygen atoms in total. The van der Waals surface area contributed by atoms with Gasteiger partial charge in [0, 0.05) is 6.42 Å². The molecule has 3 N–H and O–H groups in total. The van der Waals surface area contributed by atoms with E-state index in [1.54, 1.807) is 0 Å². The first-order chi connectivity index (χ1) is 13.6. The molecule has 0 spiro atoms. The van der Waals surface area contributed by atoms with E-state index in [1.807, 2.05) is 0 Å². The SMILES string of the molecule is CCC[C@H]1C2CCC([C@H](C)CCC(=O)O)[C@@]2(C)[C@@H](O)C[C@@H]1C1(C)CCC(O)CC1. The van der Waals surface area contributed by atoms with Gasteiger partial charge in [-0.3, -0.25) is 4.79 Å². The molecule has 0 aromatic rings. The number of aliphatic carboxylic acids is 1. The summed E-state index contributed by atoms with van der Waals surface area (Å²) in [4.78, 5) is 11.1. The molecule has 29 heavy (non-hydrogen) atoms. The molecule has 0 aliphatic heterocycles. The zero-order chi connectivity index (χ0) is 21.4. The zero-order valence-electron chi connectivity index (χ0n) is 19.1. The first-order valence-corrected chi connectivity index (χ1v) is 12.2. The standard InChI is InChI=1S/C25H44O4/c1-5-6-18-20-9-8-19(16(2)7-10-23(28)29)25(20,4)22(27)15-21(18)24(3)13-11-17(26)12-14-24/h16-22,26-27H,5-15H2,1-4H3,(H,28,29)/t16-,17?,18+,19?,20?,21+,22+,24?,25-/m1/s1. The fourth-order valence-electron chi connectivity index (χ4n) is 8.00. The van der Waals surface area contributed by atoms with Crippen LogP contribution in [0.2, 0.25) is 0 Å². The van der Waals surface area contributed by atoms with Gasteiger partial charge in [-0.1, -0.05) is 40.5 Å². The predicted octanol–water partition coefficient (Wildman–Crippen LogP) is 5.26. The molecule has 4 heteroatoms. The quantitative estimate of drug-likeness (QED) is 0.537. The highest BCUT2D eigenvalue weighted by Gasteiger charge is 2.61. The Hall–Kier alpha value is -0.610. The van der Waals surface area contributed by atoms with Gasteiger partial charge < -0.3 is 15.3 Å². The molecular formula is C25H44O4. The lowest BCUT2D eigenvalue weighted by Crippen LogP contribution is -2.55. The summed E-state index contributed by atoms with van der Waals surface area (Å²) >= 11 is 0. The largest absolute Gasteiger partial charge is 0.481 e. The molecule has 2 unspecified atom stereocenters. The number of aliphatic hydroxyl groups excluding tert-OH is 2. The molecule has 3 saturated carbocycles. The number of hydrogen-bond acceptors (Lipinski definition) is 3. The monoisotopic (exact) mass is 408 g/mol. The number of fused-ring (bicyclic) bond motifs is 1. The van der Waals surface area contributed by atoms with Crippen molar-refractivity contribution < 1.29 is 20.1 Å². The Morgan fingerprint density at radius 1 is 1.07 bits per heavy atom. The lowest BCUT2D eigenvalue weighted by molar-refractivity contribution is -0.145. The number of carboxylic acid groups (broad SMARTS) is 1. The maximum atomic E-state index is 11.5. The molecule has 3 rings (SSSR count). The predicted molar refractivity (Wildman–Crippen MR) is 115 cm³/mol. The van der Waals surface area contributed by atoms with Gasteiger partial charge in [0.05, 0.1) is 12.2 Å². The topological polar surface area (TPSA) is 77.8 Å². The summed E-state index contributed by atoms with van der Waals surface area (Å²) in [6.45, 7) is 9.24. The normalized spacial score (nSPS) is 46.3. The molecule has 3 fully saturated rings. The van der Waals surface area contributed by atoms with Crippen LogP contribution in [0, 0.1) is 40.4 Å². The van der Waals surface area contributed by atoms with Crippen molar-refractivity contribution in [1.82, 2.24) is 0 Å². The van der Waals surface area contributed by atoms with Crippen molar-refractivity contribution in [3.8, 4) is 0 Å². The fourth-order valence-corrected chi connectivity index (χ4v) is 8.00. The minimum Gasteiger partial charge on any atom is -0.481 e. The molecule has 3 aliphatic rings. The first kappa shape index (κ1) is 23.1. The number of carbonyl (C=O) groups is 1. The summed E-state index contributed by atoms with van der Waals surface area (Å²) in [6.07, 6.45) is 10.1. The Balaban J connectivity index is 1.84.